The number of fused-ring (bicyclic) bond motifs is 15. The summed E-state index contributed by atoms with van der Waals surface area (Å²) in [6, 6.07) is 71.6. The van der Waals surface area contributed by atoms with Crippen LogP contribution in [-0.2, 0) is 0 Å². The van der Waals surface area contributed by atoms with E-state index >= 15 is 0 Å². The van der Waals surface area contributed by atoms with Crippen molar-refractivity contribution in [3.05, 3.63) is 206 Å². The number of benzene rings is 10. The fourth-order valence-corrected chi connectivity index (χ4v) is 10.0. The predicted molar refractivity (Wildman–Crippen MR) is 262 cm³/mol. The molecule has 14 rings (SSSR count). The van der Waals surface area contributed by atoms with Crippen LogP contribution in [0.4, 0.5) is 34.1 Å². The molecule has 10 aromatic carbocycles. The van der Waals surface area contributed by atoms with Crippen LogP contribution in [0.1, 0.15) is 0 Å². The highest BCUT2D eigenvalue weighted by Gasteiger charge is 2.24. The third kappa shape index (κ3) is 5.08. The van der Waals surface area contributed by atoms with Gasteiger partial charge in [-0.1, -0.05) is 97.1 Å². The van der Waals surface area contributed by atoms with E-state index in [0.717, 1.165) is 133 Å². The number of hydrogen-bond acceptors (Lipinski definition) is 6. The van der Waals surface area contributed by atoms with Crippen LogP contribution in [0.15, 0.2) is 224 Å². The molecule has 0 aliphatic heterocycles. The highest BCUT2D eigenvalue weighted by molar-refractivity contribution is 6.28. The highest BCUT2D eigenvalue weighted by atomic mass is 16.3. The number of furan rings is 4. The number of nitrogens with zero attached hydrogens (tertiary/aromatic N) is 2. The van der Waals surface area contributed by atoms with Gasteiger partial charge in [-0.3, -0.25) is 0 Å². The Morgan fingerprint density at radius 1 is 0.234 bits per heavy atom. The summed E-state index contributed by atoms with van der Waals surface area (Å²) in [5.74, 6) is 0. The zero-order chi connectivity index (χ0) is 41.9. The van der Waals surface area contributed by atoms with Crippen molar-refractivity contribution >= 4 is 133 Å². The standard InChI is InChI=1S/C58H34N2O4/c1-3-13-35(14-4-1)59(47-21-11-19-43-39-17-7-9-23-49(39)63-57(43)47)37-25-27-45-53(33-37)61-51-31-29-42-41(55(45)51)30-32-52-56(42)46-28-26-38(34-54(46)62-52)60(36-15-5-2-6-16-36)48-22-12-20-44-40-18-8-10-24-50(40)64-58(44)48/h1-34H. The average molecular weight is 823 g/mol. The molecule has 4 aromatic heterocycles. The van der Waals surface area contributed by atoms with E-state index in [-0.39, 0.29) is 0 Å². The van der Waals surface area contributed by atoms with Crippen LogP contribution in [0, 0.1) is 0 Å². The van der Waals surface area contributed by atoms with E-state index in [9.17, 15) is 0 Å². The normalized spacial score (nSPS) is 12.1. The van der Waals surface area contributed by atoms with E-state index < -0.39 is 0 Å². The summed E-state index contributed by atoms with van der Waals surface area (Å²) in [6.07, 6.45) is 0. The summed E-state index contributed by atoms with van der Waals surface area (Å²) in [4.78, 5) is 4.50. The van der Waals surface area contributed by atoms with Crippen LogP contribution in [0.25, 0.3) is 98.5 Å². The van der Waals surface area contributed by atoms with Crippen LogP contribution in [0.2, 0.25) is 0 Å². The van der Waals surface area contributed by atoms with E-state index in [2.05, 4.69) is 180 Å². The molecule has 0 aliphatic carbocycles. The van der Waals surface area contributed by atoms with Gasteiger partial charge >= 0.3 is 0 Å². The van der Waals surface area contributed by atoms with Crippen molar-refractivity contribution in [1.29, 1.82) is 0 Å². The molecule has 14 aromatic rings. The molecule has 4 heterocycles. The molecular weight excluding hydrogens is 789 g/mol. The Morgan fingerprint density at radius 3 is 1.11 bits per heavy atom. The Kier molecular flexibility index (Phi) is 7.30. The molecule has 0 N–H and O–H groups in total. The van der Waals surface area contributed by atoms with Crippen molar-refractivity contribution in [2.24, 2.45) is 0 Å². The lowest BCUT2D eigenvalue weighted by atomic mass is 9.99. The van der Waals surface area contributed by atoms with E-state index in [1.807, 2.05) is 36.4 Å². The Bertz CT molecular complexity index is 3890. The van der Waals surface area contributed by atoms with Crippen LogP contribution in [0.3, 0.4) is 0 Å². The minimum atomic E-state index is 0.806. The van der Waals surface area contributed by atoms with Gasteiger partial charge in [-0.05, 0) is 108 Å². The van der Waals surface area contributed by atoms with E-state index in [0.29, 0.717) is 0 Å². The van der Waals surface area contributed by atoms with Crippen molar-refractivity contribution < 1.29 is 17.7 Å². The smallest absolute Gasteiger partial charge is 0.159 e. The second-order valence-electron chi connectivity index (χ2n) is 16.4. The Labute approximate surface area is 364 Å². The molecule has 0 radical (unpaired) electrons. The Hall–Kier alpha value is -8.74. The summed E-state index contributed by atoms with van der Waals surface area (Å²) in [6.45, 7) is 0. The summed E-state index contributed by atoms with van der Waals surface area (Å²) in [7, 11) is 0. The molecule has 0 amide bonds. The molecule has 0 saturated carbocycles. The minimum Gasteiger partial charge on any atom is -0.456 e. The molecule has 64 heavy (non-hydrogen) atoms. The van der Waals surface area contributed by atoms with Gasteiger partial charge in [0.05, 0.1) is 22.7 Å². The van der Waals surface area contributed by atoms with Crippen molar-refractivity contribution in [3.63, 3.8) is 0 Å². The predicted octanol–water partition coefficient (Wildman–Crippen LogP) is 17.4. The van der Waals surface area contributed by atoms with Crippen LogP contribution in [-0.4, -0.2) is 0 Å². The largest absolute Gasteiger partial charge is 0.456 e. The van der Waals surface area contributed by atoms with Crippen molar-refractivity contribution in [1.82, 2.24) is 0 Å². The lowest BCUT2D eigenvalue weighted by Gasteiger charge is -2.25. The topological polar surface area (TPSA) is 59.0 Å². The molecule has 0 unspecified atom stereocenters. The SMILES string of the molecule is c1ccc(N(c2ccc3c(c2)oc2ccc4c(ccc5oc6cc(N(c7ccccc7)c7cccc8c7oc7ccccc78)ccc6c54)c23)c2cccc3c2oc2ccccc23)cc1. The van der Waals surface area contributed by atoms with Crippen molar-refractivity contribution in [3.8, 4) is 0 Å². The first kappa shape index (κ1) is 34.9. The van der Waals surface area contributed by atoms with Gasteiger partial charge < -0.3 is 27.5 Å². The van der Waals surface area contributed by atoms with Gasteiger partial charge in [0.2, 0.25) is 0 Å². The van der Waals surface area contributed by atoms with E-state index in [1.165, 1.54) is 0 Å². The molecule has 0 bridgehead atoms. The molecule has 0 saturated heterocycles. The first-order valence-electron chi connectivity index (χ1n) is 21.5. The highest BCUT2D eigenvalue weighted by Crippen LogP contribution is 2.47. The zero-order valence-electron chi connectivity index (χ0n) is 34.2. The number of rotatable bonds is 6. The number of para-hydroxylation sites is 6. The quantitative estimate of drug-likeness (QED) is 0.166. The molecule has 300 valence electrons. The molecule has 6 heteroatoms. The second-order valence-corrected chi connectivity index (χ2v) is 16.4. The van der Waals surface area contributed by atoms with Gasteiger partial charge in [0.25, 0.3) is 0 Å². The summed E-state index contributed by atoms with van der Waals surface area (Å²) in [5.41, 5.74) is 12.6. The summed E-state index contributed by atoms with van der Waals surface area (Å²) in [5, 5.41) is 10.8. The minimum absolute atomic E-state index is 0.806. The van der Waals surface area contributed by atoms with Gasteiger partial charge in [-0.15, -0.1) is 0 Å². The number of anilines is 6. The first-order valence-corrected chi connectivity index (χ1v) is 21.5. The lowest BCUT2D eigenvalue weighted by molar-refractivity contribution is 0.667. The maximum Gasteiger partial charge on any atom is 0.159 e. The average Bonchev–Trinajstić information content (AvgIpc) is 4.13. The molecular formula is C58H34N2O4. The summed E-state index contributed by atoms with van der Waals surface area (Å²) < 4.78 is 26.6. The molecule has 6 nitrogen and oxygen atoms in total. The third-order valence-corrected chi connectivity index (χ3v) is 12.8. The van der Waals surface area contributed by atoms with E-state index in [4.69, 9.17) is 17.7 Å². The summed E-state index contributed by atoms with van der Waals surface area (Å²) >= 11 is 0. The van der Waals surface area contributed by atoms with Crippen molar-refractivity contribution in [2.45, 2.75) is 0 Å². The molecule has 0 atom stereocenters. The zero-order valence-corrected chi connectivity index (χ0v) is 34.2. The molecule has 0 spiro atoms. The Morgan fingerprint density at radius 2 is 0.641 bits per heavy atom. The maximum atomic E-state index is 6.73. The van der Waals surface area contributed by atoms with Crippen LogP contribution < -0.4 is 9.80 Å². The number of hydrogen-bond donors (Lipinski definition) is 0. The monoisotopic (exact) mass is 822 g/mol. The van der Waals surface area contributed by atoms with Gasteiger partial charge in [0.15, 0.2) is 11.2 Å². The van der Waals surface area contributed by atoms with Gasteiger partial charge in [0.1, 0.15) is 33.5 Å². The van der Waals surface area contributed by atoms with Crippen molar-refractivity contribution in [2.75, 3.05) is 9.80 Å². The fraction of sp³-hybridized carbons (Fsp3) is 0. The fourth-order valence-electron chi connectivity index (χ4n) is 10.0. The third-order valence-electron chi connectivity index (χ3n) is 12.8. The lowest BCUT2D eigenvalue weighted by Crippen LogP contribution is -2.10. The van der Waals surface area contributed by atoms with Crippen LogP contribution in [0.5, 0.6) is 0 Å². The first-order chi connectivity index (χ1) is 31.7. The van der Waals surface area contributed by atoms with Gasteiger partial charge in [-0.2, -0.15) is 0 Å². The maximum absolute atomic E-state index is 6.73. The second kappa shape index (κ2) is 13.4. The molecule has 0 fully saturated rings. The van der Waals surface area contributed by atoms with Gasteiger partial charge in [-0.25, -0.2) is 0 Å². The van der Waals surface area contributed by atoms with E-state index in [1.54, 1.807) is 0 Å². The Balaban J connectivity index is 0.918. The van der Waals surface area contributed by atoms with Crippen LogP contribution >= 0.6 is 0 Å². The molecule has 0 aliphatic rings. The van der Waals surface area contributed by atoms with Gasteiger partial charge in [0, 0.05) is 66.6 Å².